The molecule has 8 nitrogen and oxygen atoms in total. The van der Waals surface area contributed by atoms with Gasteiger partial charge in [0.15, 0.2) is 0 Å². The molecule has 0 bridgehead atoms. The first-order valence-electron chi connectivity index (χ1n) is 9.16. The number of nitrogens with one attached hydrogen (secondary N) is 1. The average molecular weight is 371 g/mol. The molecule has 144 valence electrons. The number of hydrogen-bond donors (Lipinski definition) is 2. The Kier molecular flexibility index (Phi) is 5.25. The molecule has 1 saturated carbocycles. The maximum Gasteiger partial charge on any atom is 0.308 e. The number of rotatable bonds is 5. The van der Waals surface area contributed by atoms with Crippen LogP contribution in [0.2, 0.25) is 0 Å². The molecule has 0 radical (unpaired) electrons. The van der Waals surface area contributed by atoms with E-state index in [2.05, 4.69) is 20.4 Å². The molecule has 1 aliphatic carbocycles. The van der Waals surface area contributed by atoms with Crippen LogP contribution in [0.25, 0.3) is 5.95 Å². The van der Waals surface area contributed by atoms with Crippen molar-refractivity contribution in [3.05, 3.63) is 34.4 Å². The van der Waals surface area contributed by atoms with Crippen molar-refractivity contribution in [2.75, 3.05) is 0 Å². The molecule has 0 aromatic carbocycles. The second-order valence-corrected chi connectivity index (χ2v) is 7.24. The minimum atomic E-state index is -0.843. The summed E-state index contributed by atoms with van der Waals surface area (Å²) in [5.41, 5.74) is 4.08. The first kappa shape index (κ1) is 19.0. The van der Waals surface area contributed by atoms with Crippen LogP contribution >= 0.6 is 0 Å². The Hall–Kier alpha value is -2.77. The van der Waals surface area contributed by atoms with Crippen LogP contribution < -0.4 is 5.32 Å². The van der Waals surface area contributed by atoms with E-state index in [0.717, 1.165) is 34.8 Å². The minimum absolute atomic E-state index is 0.158. The van der Waals surface area contributed by atoms with Gasteiger partial charge in [0, 0.05) is 28.7 Å². The molecule has 0 aliphatic heterocycles. The fourth-order valence-corrected chi connectivity index (χ4v) is 3.77. The summed E-state index contributed by atoms with van der Waals surface area (Å²) in [7, 11) is 0. The van der Waals surface area contributed by atoms with Crippen LogP contribution in [0.5, 0.6) is 0 Å². The number of carboxylic acids is 1. The lowest BCUT2D eigenvalue weighted by molar-refractivity contribution is -0.142. The highest BCUT2D eigenvalue weighted by Crippen LogP contribution is 2.26. The molecule has 2 heterocycles. The molecular formula is C19H25N5O3. The zero-order valence-electron chi connectivity index (χ0n) is 16.1. The highest BCUT2D eigenvalue weighted by atomic mass is 16.4. The van der Waals surface area contributed by atoms with Crippen molar-refractivity contribution < 1.29 is 14.7 Å². The summed E-state index contributed by atoms with van der Waals surface area (Å²) in [6, 6.07) is 1.60. The molecule has 2 aromatic rings. The monoisotopic (exact) mass is 371 g/mol. The molecule has 8 heteroatoms. The molecule has 27 heavy (non-hydrogen) atoms. The van der Waals surface area contributed by atoms with Gasteiger partial charge in [-0.15, -0.1) is 0 Å². The smallest absolute Gasteiger partial charge is 0.308 e. The van der Waals surface area contributed by atoms with Crippen molar-refractivity contribution in [2.45, 2.75) is 59.4 Å². The second kappa shape index (κ2) is 7.46. The summed E-state index contributed by atoms with van der Waals surface area (Å²) in [5.74, 6) is -1.03. The number of hydrogen-bond acceptors (Lipinski definition) is 5. The van der Waals surface area contributed by atoms with Gasteiger partial charge in [-0.2, -0.15) is 5.10 Å². The third-order valence-electron chi connectivity index (χ3n) is 5.12. The third kappa shape index (κ3) is 3.99. The number of carbonyl (C=O) groups is 2. The van der Waals surface area contributed by atoms with Crippen LogP contribution in [-0.2, 0) is 16.0 Å². The normalized spacial score (nSPS) is 19.3. The Morgan fingerprint density at radius 3 is 2.48 bits per heavy atom. The predicted octanol–water partition coefficient (Wildman–Crippen LogP) is 1.81. The number of carboxylic acid groups (broad SMARTS) is 1. The van der Waals surface area contributed by atoms with E-state index in [0.29, 0.717) is 18.8 Å². The lowest BCUT2D eigenvalue weighted by Crippen LogP contribution is -2.41. The fraction of sp³-hybridized carbons (Fsp3) is 0.526. The van der Waals surface area contributed by atoms with Gasteiger partial charge in [-0.05, 0) is 46.6 Å². The van der Waals surface area contributed by atoms with Crippen molar-refractivity contribution in [2.24, 2.45) is 5.92 Å². The van der Waals surface area contributed by atoms with Crippen LogP contribution in [0.1, 0.15) is 47.6 Å². The summed E-state index contributed by atoms with van der Waals surface area (Å²) < 4.78 is 1.66. The predicted molar refractivity (Wildman–Crippen MR) is 98.7 cm³/mol. The standard InChI is InChI=1S/C19H25N5O3/c1-10-8-11(2)21-19(20-10)24-13(4)15(12(3)23-24)9-17(25)22-16-7-5-6-14(16)18(26)27/h8,14,16H,5-7,9H2,1-4H3,(H,22,25)(H,26,27)/t14-,16+/m0/s1. The number of amides is 1. The molecule has 1 fully saturated rings. The fourth-order valence-electron chi connectivity index (χ4n) is 3.77. The van der Waals surface area contributed by atoms with Gasteiger partial charge in [-0.1, -0.05) is 6.42 Å². The second-order valence-electron chi connectivity index (χ2n) is 7.24. The van der Waals surface area contributed by atoms with Gasteiger partial charge in [0.1, 0.15) is 0 Å². The lowest BCUT2D eigenvalue weighted by atomic mass is 10.0. The first-order chi connectivity index (χ1) is 12.8. The summed E-state index contributed by atoms with van der Waals surface area (Å²) in [5, 5.41) is 16.7. The Labute approximate surface area is 158 Å². The molecule has 1 amide bonds. The number of carbonyl (C=O) groups excluding carboxylic acids is 1. The summed E-state index contributed by atoms with van der Waals surface area (Å²) in [6.07, 6.45) is 2.30. The Balaban J connectivity index is 1.78. The topological polar surface area (TPSA) is 110 Å². The van der Waals surface area contributed by atoms with Gasteiger partial charge in [0.25, 0.3) is 5.95 Å². The molecule has 0 unspecified atom stereocenters. The van der Waals surface area contributed by atoms with Crippen molar-refractivity contribution >= 4 is 11.9 Å². The van der Waals surface area contributed by atoms with Crippen LogP contribution in [-0.4, -0.2) is 42.8 Å². The van der Waals surface area contributed by atoms with Crippen molar-refractivity contribution in [1.82, 2.24) is 25.1 Å². The van der Waals surface area contributed by atoms with Crippen molar-refractivity contribution in [3.8, 4) is 5.95 Å². The van der Waals surface area contributed by atoms with E-state index in [9.17, 15) is 14.7 Å². The van der Waals surface area contributed by atoms with Gasteiger partial charge in [0.05, 0.1) is 18.0 Å². The largest absolute Gasteiger partial charge is 0.481 e. The van der Waals surface area contributed by atoms with Gasteiger partial charge in [-0.3, -0.25) is 9.59 Å². The molecule has 2 N–H and O–H groups in total. The van der Waals surface area contributed by atoms with E-state index in [4.69, 9.17) is 0 Å². The zero-order valence-corrected chi connectivity index (χ0v) is 16.1. The number of aromatic nitrogens is 4. The van der Waals surface area contributed by atoms with E-state index in [1.807, 2.05) is 33.8 Å². The lowest BCUT2D eigenvalue weighted by Gasteiger charge is -2.17. The molecular weight excluding hydrogens is 346 g/mol. The Bertz CT molecular complexity index is 869. The molecule has 0 spiro atoms. The van der Waals surface area contributed by atoms with Gasteiger partial charge >= 0.3 is 5.97 Å². The van der Waals surface area contributed by atoms with E-state index in [-0.39, 0.29) is 18.4 Å². The summed E-state index contributed by atoms with van der Waals surface area (Å²) in [4.78, 5) is 32.7. The van der Waals surface area contributed by atoms with E-state index >= 15 is 0 Å². The van der Waals surface area contributed by atoms with E-state index in [1.165, 1.54) is 0 Å². The molecule has 2 atom stereocenters. The quantitative estimate of drug-likeness (QED) is 0.829. The average Bonchev–Trinajstić information content (AvgIpc) is 3.13. The highest BCUT2D eigenvalue weighted by Gasteiger charge is 2.34. The Morgan fingerprint density at radius 2 is 1.85 bits per heavy atom. The Morgan fingerprint density at radius 1 is 1.19 bits per heavy atom. The highest BCUT2D eigenvalue weighted by molar-refractivity contribution is 5.81. The SMILES string of the molecule is Cc1cc(C)nc(-n2nc(C)c(CC(=O)N[C@@H]3CCC[C@@H]3C(=O)O)c2C)n1. The van der Waals surface area contributed by atoms with Crippen LogP contribution in [0.3, 0.4) is 0 Å². The minimum Gasteiger partial charge on any atom is -0.481 e. The molecule has 2 aromatic heterocycles. The van der Waals surface area contributed by atoms with Crippen LogP contribution in [0.4, 0.5) is 0 Å². The zero-order chi connectivity index (χ0) is 19.7. The first-order valence-corrected chi connectivity index (χ1v) is 9.16. The van der Waals surface area contributed by atoms with Crippen molar-refractivity contribution in [1.29, 1.82) is 0 Å². The van der Waals surface area contributed by atoms with Crippen LogP contribution in [0, 0.1) is 33.6 Å². The maximum atomic E-state index is 12.5. The summed E-state index contributed by atoms with van der Waals surface area (Å²) in [6.45, 7) is 7.54. The van der Waals surface area contributed by atoms with E-state index < -0.39 is 11.9 Å². The van der Waals surface area contributed by atoms with Gasteiger partial charge < -0.3 is 10.4 Å². The van der Waals surface area contributed by atoms with Crippen molar-refractivity contribution in [3.63, 3.8) is 0 Å². The number of nitrogens with zero attached hydrogens (tertiary/aromatic N) is 4. The molecule has 1 aliphatic rings. The maximum absolute atomic E-state index is 12.5. The van der Waals surface area contributed by atoms with Gasteiger partial charge in [-0.25, -0.2) is 14.6 Å². The third-order valence-corrected chi connectivity index (χ3v) is 5.12. The molecule has 3 rings (SSSR count). The summed E-state index contributed by atoms with van der Waals surface area (Å²) >= 11 is 0. The van der Waals surface area contributed by atoms with Gasteiger partial charge in [0.2, 0.25) is 5.91 Å². The molecule has 0 saturated heterocycles. The van der Waals surface area contributed by atoms with E-state index in [1.54, 1.807) is 4.68 Å². The van der Waals surface area contributed by atoms with Crippen LogP contribution in [0.15, 0.2) is 6.07 Å². The number of aliphatic carboxylic acids is 1. The number of aryl methyl sites for hydroxylation is 3.